The number of aromatic nitrogens is 1. The number of rotatable bonds is 5. The summed E-state index contributed by atoms with van der Waals surface area (Å²) in [4.78, 5) is 19.3. The molecule has 0 radical (unpaired) electrons. The van der Waals surface area contributed by atoms with Crippen molar-refractivity contribution in [2.75, 3.05) is 23.3 Å². The molecule has 1 aliphatic heterocycles. The zero-order valence-corrected chi connectivity index (χ0v) is 19.6. The van der Waals surface area contributed by atoms with Crippen molar-refractivity contribution in [3.63, 3.8) is 0 Å². The number of carbonyl (C=O) groups excluding carboxylic acids is 1. The van der Waals surface area contributed by atoms with Gasteiger partial charge in [0.1, 0.15) is 11.6 Å². The second-order valence-electron chi connectivity index (χ2n) is 8.62. The average molecular weight is 486 g/mol. The van der Waals surface area contributed by atoms with Gasteiger partial charge < -0.3 is 19.7 Å². The van der Waals surface area contributed by atoms with Crippen molar-refractivity contribution in [1.82, 2.24) is 4.98 Å². The largest absolute Gasteiger partial charge is 0.573 e. The first-order chi connectivity index (χ1) is 16.6. The third-order valence-electron chi connectivity index (χ3n) is 5.64. The summed E-state index contributed by atoms with van der Waals surface area (Å²) in [6.45, 7) is 7.24. The number of alkyl halides is 3. The summed E-state index contributed by atoms with van der Waals surface area (Å²) in [5.41, 5.74) is 3.23. The van der Waals surface area contributed by atoms with Crippen molar-refractivity contribution >= 4 is 17.4 Å². The fraction of sp³-hybridized carbons (Fsp3) is 0.308. The highest BCUT2D eigenvalue weighted by Gasteiger charge is 2.31. The van der Waals surface area contributed by atoms with Crippen LogP contribution in [0.2, 0.25) is 0 Å². The highest BCUT2D eigenvalue weighted by molar-refractivity contribution is 6.04. The molecule has 0 saturated carbocycles. The number of anilines is 2. The fourth-order valence-corrected chi connectivity index (χ4v) is 4.17. The first-order valence-electron chi connectivity index (χ1n) is 11.2. The van der Waals surface area contributed by atoms with Crippen LogP contribution in [0.3, 0.4) is 0 Å². The third kappa shape index (κ3) is 6.30. The summed E-state index contributed by atoms with van der Waals surface area (Å²) >= 11 is 0. The number of hydrogen-bond donors (Lipinski definition) is 1. The number of pyridine rings is 1. The van der Waals surface area contributed by atoms with Crippen molar-refractivity contribution in [2.45, 2.75) is 39.3 Å². The maximum absolute atomic E-state index is 12.7. The lowest BCUT2D eigenvalue weighted by Crippen LogP contribution is -2.45. The first kappa shape index (κ1) is 24.5. The molecule has 1 aromatic heterocycles. The smallest absolute Gasteiger partial charge is 0.406 e. The molecule has 184 valence electrons. The molecule has 1 N–H and O–H groups in total. The van der Waals surface area contributed by atoms with E-state index in [2.05, 4.69) is 19.9 Å². The maximum atomic E-state index is 12.7. The molecule has 35 heavy (non-hydrogen) atoms. The van der Waals surface area contributed by atoms with Gasteiger partial charge in [-0.05, 0) is 73.9 Å². The Labute approximate surface area is 201 Å². The van der Waals surface area contributed by atoms with Gasteiger partial charge in [0.15, 0.2) is 0 Å². The molecule has 0 aliphatic carbocycles. The van der Waals surface area contributed by atoms with Gasteiger partial charge in [0, 0.05) is 25.0 Å². The number of aryl methyl sites for hydroxylation is 1. The normalized spacial score (nSPS) is 18.3. The molecule has 2 heterocycles. The Morgan fingerprint density at radius 3 is 2.31 bits per heavy atom. The highest BCUT2D eigenvalue weighted by Crippen LogP contribution is 2.30. The van der Waals surface area contributed by atoms with Crippen molar-refractivity contribution < 1.29 is 27.4 Å². The second-order valence-corrected chi connectivity index (χ2v) is 8.62. The van der Waals surface area contributed by atoms with Crippen LogP contribution in [0.25, 0.3) is 11.1 Å². The lowest BCUT2D eigenvalue weighted by molar-refractivity contribution is -0.274. The summed E-state index contributed by atoms with van der Waals surface area (Å²) < 4.78 is 47.0. The van der Waals surface area contributed by atoms with Crippen LogP contribution in [0.4, 0.5) is 24.7 Å². The first-order valence-corrected chi connectivity index (χ1v) is 11.2. The number of nitrogens with one attached hydrogen (secondary N) is 1. The van der Waals surface area contributed by atoms with Gasteiger partial charge in [-0.15, -0.1) is 13.2 Å². The van der Waals surface area contributed by atoms with Crippen LogP contribution in [0.5, 0.6) is 5.75 Å². The molecule has 9 heteroatoms. The van der Waals surface area contributed by atoms with Crippen LogP contribution >= 0.6 is 0 Å². The van der Waals surface area contributed by atoms with Gasteiger partial charge >= 0.3 is 6.36 Å². The minimum Gasteiger partial charge on any atom is -0.406 e. The van der Waals surface area contributed by atoms with Crippen LogP contribution in [0.15, 0.2) is 60.8 Å². The number of benzene rings is 2. The Balaban J connectivity index is 1.40. The number of morpholine rings is 1. The summed E-state index contributed by atoms with van der Waals surface area (Å²) in [6, 6.07) is 14.8. The van der Waals surface area contributed by atoms with Gasteiger partial charge in [-0.25, -0.2) is 4.98 Å². The van der Waals surface area contributed by atoms with Gasteiger partial charge in [0.2, 0.25) is 0 Å². The van der Waals surface area contributed by atoms with Crippen LogP contribution < -0.4 is 15.0 Å². The van der Waals surface area contributed by atoms with E-state index >= 15 is 0 Å². The van der Waals surface area contributed by atoms with Crippen LogP contribution in [0.1, 0.15) is 29.8 Å². The van der Waals surface area contributed by atoms with E-state index in [9.17, 15) is 18.0 Å². The number of carbonyl (C=O) groups is 1. The van der Waals surface area contributed by atoms with E-state index in [0.29, 0.717) is 16.8 Å². The zero-order chi connectivity index (χ0) is 25.2. The molecule has 1 saturated heterocycles. The van der Waals surface area contributed by atoms with E-state index in [4.69, 9.17) is 4.74 Å². The van der Waals surface area contributed by atoms with Gasteiger partial charge in [0.05, 0.1) is 17.8 Å². The maximum Gasteiger partial charge on any atom is 0.573 e. The number of nitrogens with zero attached hydrogens (tertiary/aromatic N) is 2. The Morgan fingerprint density at radius 1 is 1.06 bits per heavy atom. The van der Waals surface area contributed by atoms with E-state index in [-0.39, 0.29) is 23.9 Å². The predicted octanol–water partition coefficient (Wildman–Crippen LogP) is 5.82. The molecule has 1 fully saturated rings. The average Bonchev–Trinajstić information content (AvgIpc) is 2.78. The molecule has 3 aromatic rings. The SMILES string of the molecule is Cc1cc(OC(F)(F)F)ccc1-c1ccc(NC(=O)c2ccc(N3C[C@@H](C)O[C@@H](C)C3)nc2)cc1. The molecule has 0 spiro atoms. The van der Waals surface area contributed by atoms with Crippen molar-refractivity contribution in [3.8, 4) is 16.9 Å². The quantitative estimate of drug-likeness (QED) is 0.493. The van der Waals surface area contributed by atoms with Gasteiger partial charge in [-0.1, -0.05) is 18.2 Å². The fourth-order valence-electron chi connectivity index (χ4n) is 4.17. The molecule has 2 atom stereocenters. The molecule has 6 nitrogen and oxygen atoms in total. The molecule has 1 aliphatic rings. The Kier molecular flexibility index (Phi) is 6.98. The number of ether oxygens (including phenoxy) is 2. The second kappa shape index (κ2) is 9.95. The zero-order valence-electron chi connectivity index (χ0n) is 19.6. The number of halogens is 3. The molecular weight excluding hydrogens is 459 g/mol. The number of amides is 1. The minimum absolute atomic E-state index is 0.112. The van der Waals surface area contributed by atoms with Crippen LogP contribution in [-0.4, -0.2) is 42.6 Å². The van der Waals surface area contributed by atoms with Gasteiger partial charge in [0.25, 0.3) is 5.91 Å². The monoisotopic (exact) mass is 485 g/mol. The third-order valence-corrected chi connectivity index (χ3v) is 5.64. The van der Waals surface area contributed by atoms with Crippen LogP contribution in [-0.2, 0) is 4.74 Å². The predicted molar refractivity (Wildman–Crippen MR) is 128 cm³/mol. The summed E-state index contributed by atoms with van der Waals surface area (Å²) in [6.07, 6.45) is -2.95. The van der Waals surface area contributed by atoms with Gasteiger partial charge in [-0.3, -0.25) is 4.79 Å². The Bertz CT molecular complexity index is 1170. The molecule has 2 aromatic carbocycles. The van der Waals surface area contributed by atoms with E-state index in [1.165, 1.54) is 12.1 Å². The summed E-state index contributed by atoms with van der Waals surface area (Å²) in [5.74, 6) is 0.250. The lowest BCUT2D eigenvalue weighted by Gasteiger charge is -2.36. The standard InChI is InChI=1S/C26H26F3N3O3/c1-16-12-22(35-26(27,28)29)9-10-23(16)19-4-7-21(8-5-19)31-25(33)20-6-11-24(30-13-20)32-14-17(2)34-18(3)15-32/h4-13,17-18H,14-15H2,1-3H3,(H,31,33)/t17-,18+. The molecule has 4 rings (SSSR count). The van der Waals surface area contributed by atoms with E-state index in [1.807, 2.05) is 19.9 Å². The van der Waals surface area contributed by atoms with E-state index in [0.717, 1.165) is 30.0 Å². The van der Waals surface area contributed by atoms with Crippen molar-refractivity contribution in [1.29, 1.82) is 0 Å². The molecule has 0 unspecified atom stereocenters. The Hall–Kier alpha value is -3.59. The minimum atomic E-state index is -4.73. The van der Waals surface area contributed by atoms with Crippen molar-refractivity contribution in [3.05, 3.63) is 71.9 Å². The number of hydrogen-bond acceptors (Lipinski definition) is 5. The lowest BCUT2D eigenvalue weighted by atomic mass is 10.00. The van der Waals surface area contributed by atoms with E-state index in [1.54, 1.807) is 49.5 Å². The van der Waals surface area contributed by atoms with Gasteiger partial charge in [-0.2, -0.15) is 0 Å². The highest BCUT2D eigenvalue weighted by atomic mass is 19.4. The summed E-state index contributed by atoms with van der Waals surface area (Å²) in [7, 11) is 0. The molecule has 1 amide bonds. The van der Waals surface area contributed by atoms with Crippen molar-refractivity contribution in [2.24, 2.45) is 0 Å². The molecule has 0 bridgehead atoms. The Morgan fingerprint density at radius 2 is 1.74 bits per heavy atom. The topological polar surface area (TPSA) is 63.7 Å². The summed E-state index contributed by atoms with van der Waals surface area (Å²) in [5, 5.41) is 2.84. The molecular formula is C26H26F3N3O3. The van der Waals surface area contributed by atoms with E-state index < -0.39 is 6.36 Å². The van der Waals surface area contributed by atoms with Crippen LogP contribution in [0, 0.1) is 6.92 Å².